The standard InChI is InChI=1S/C14H25NO2/c1-9(2)8-15-12-7-6-11(13(16)17)14(4,5)10(12)3/h10-12,15H,1,6-8H2,2-5H3,(H,16,17). The van der Waals surface area contributed by atoms with Gasteiger partial charge in [-0.05, 0) is 31.1 Å². The van der Waals surface area contributed by atoms with Gasteiger partial charge in [0.05, 0.1) is 5.92 Å². The molecule has 0 spiro atoms. The molecule has 0 radical (unpaired) electrons. The minimum atomic E-state index is -0.653. The summed E-state index contributed by atoms with van der Waals surface area (Å²) in [4.78, 5) is 11.3. The van der Waals surface area contributed by atoms with Crippen LogP contribution in [0.15, 0.2) is 12.2 Å². The third-order valence-corrected chi connectivity index (χ3v) is 4.41. The van der Waals surface area contributed by atoms with Crippen molar-refractivity contribution in [3.05, 3.63) is 12.2 Å². The average molecular weight is 239 g/mol. The molecule has 1 fully saturated rings. The SMILES string of the molecule is C=C(C)CNC1CCC(C(=O)O)C(C)(C)C1C. The largest absolute Gasteiger partial charge is 0.481 e. The van der Waals surface area contributed by atoms with Gasteiger partial charge in [-0.1, -0.05) is 32.9 Å². The van der Waals surface area contributed by atoms with E-state index in [1.54, 1.807) is 0 Å². The normalized spacial score (nSPS) is 32.1. The van der Waals surface area contributed by atoms with E-state index >= 15 is 0 Å². The molecule has 0 aromatic carbocycles. The minimum absolute atomic E-state index is 0.156. The quantitative estimate of drug-likeness (QED) is 0.742. The smallest absolute Gasteiger partial charge is 0.307 e. The first-order valence-electron chi connectivity index (χ1n) is 6.37. The fraction of sp³-hybridized carbons (Fsp3) is 0.786. The first-order chi connectivity index (χ1) is 7.76. The summed E-state index contributed by atoms with van der Waals surface area (Å²) in [6, 6.07) is 0.400. The summed E-state index contributed by atoms with van der Waals surface area (Å²) < 4.78 is 0. The van der Waals surface area contributed by atoms with Crippen molar-refractivity contribution in [2.45, 2.75) is 46.6 Å². The number of carboxylic acids is 1. The zero-order chi connectivity index (χ0) is 13.2. The maximum atomic E-state index is 11.3. The Bertz CT molecular complexity index is 309. The zero-order valence-electron chi connectivity index (χ0n) is 11.4. The Kier molecular flexibility index (Phi) is 4.36. The van der Waals surface area contributed by atoms with E-state index in [1.165, 1.54) is 0 Å². The van der Waals surface area contributed by atoms with E-state index in [0.29, 0.717) is 12.0 Å². The van der Waals surface area contributed by atoms with Gasteiger partial charge in [-0.25, -0.2) is 0 Å². The molecule has 1 rings (SSSR count). The highest BCUT2D eigenvalue weighted by atomic mass is 16.4. The Morgan fingerprint density at radius 3 is 2.53 bits per heavy atom. The Labute approximate surface area is 104 Å². The highest BCUT2D eigenvalue weighted by molar-refractivity contribution is 5.71. The van der Waals surface area contributed by atoms with Crippen molar-refractivity contribution >= 4 is 5.97 Å². The lowest BCUT2D eigenvalue weighted by molar-refractivity contribution is -0.150. The van der Waals surface area contributed by atoms with Gasteiger partial charge in [0, 0.05) is 12.6 Å². The second-order valence-electron chi connectivity index (χ2n) is 6.02. The maximum absolute atomic E-state index is 11.3. The number of hydrogen-bond acceptors (Lipinski definition) is 2. The molecule has 3 nitrogen and oxygen atoms in total. The van der Waals surface area contributed by atoms with Crippen LogP contribution in [0.4, 0.5) is 0 Å². The second kappa shape index (κ2) is 5.21. The molecule has 2 N–H and O–H groups in total. The van der Waals surface area contributed by atoms with Crippen molar-refractivity contribution in [1.29, 1.82) is 0 Å². The van der Waals surface area contributed by atoms with Gasteiger partial charge in [-0.2, -0.15) is 0 Å². The van der Waals surface area contributed by atoms with Crippen molar-refractivity contribution in [3.63, 3.8) is 0 Å². The van der Waals surface area contributed by atoms with Gasteiger partial charge in [0.25, 0.3) is 0 Å². The molecule has 1 aliphatic carbocycles. The predicted molar refractivity (Wildman–Crippen MR) is 69.9 cm³/mol. The molecule has 0 heterocycles. The number of hydrogen-bond donors (Lipinski definition) is 2. The summed E-state index contributed by atoms with van der Waals surface area (Å²) in [6.45, 7) is 13.0. The lowest BCUT2D eigenvalue weighted by atomic mass is 9.61. The van der Waals surface area contributed by atoms with E-state index in [1.807, 2.05) is 6.92 Å². The molecule has 98 valence electrons. The van der Waals surface area contributed by atoms with Gasteiger partial charge in [0.15, 0.2) is 0 Å². The van der Waals surface area contributed by atoms with Crippen LogP contribution in [0.1, 0.15) is 40.5 Å². The molecule has 0 bridgehead atoms. The number of carboxylic acid groups (broad SMARTS) is 1. The van der Waals surface area contributed by atoms with E-state index < -0.39 is 5.97 Å². The molecular formula is C14H25NO2. The highest BCUT2D eigenvalue weighted by Gasteiger charge is 2.45. The third-order valence-electron chi connectivity index (χ3n) is 4.41. The van der Waals surface area contributed by atoms with Crippen LogP contribution in [0.25, 0.3) is 0 Å². The summed E-state index contributed by atoms with van der Waals surface area (Å²) in [6.07, 6.45) is 1.70. The van der Waals surface area contributed by atoms with E-state index in [0.717, 1.165) is 25.0 Å². The monoisotopic (exact) mass is 239 g/mol. The predicted octanol–water partition coefficient (Wildman–Crippen LogP) is 2.68. The molecule has 0 saturated heterocycles. The van der Waals surface area contributed by atoms with Crippen LogP contribution in [0.5, 0.6) is 0 Å². The molecule has 1 saturated carbocycles. The van der Waals surface area contributed by atoms with Gasteiger partial charge in [0.2, 0.25) is 0 Å². The van der Waals surface area contributed by atoms with Crippen molar-refractivity contribution in [2.75, 3.05) is 6.54 Å². The Balaban J connectivity index is 2.71. The Morgan fingerprint density at radius 2 is 2.06 bits per heavy atom. The lowest BCUT2D eigenvalue weighted by Gasteiger charge is -2.46. The fourth-order valence-electron chi connectivity index (χ4n) is 2.83. The van der Waals surface area contributed by atoms with E-state index in [-0.39, 0.29) is 11.3 Å². The van der Waals surface area contributed by atoms with Gasteiger partial charge < -0.3 is 10.4 Å². The van der Waals surface area contributed by atoms with Crippen LogP contribution in [0, 0.1) is 17.3 Å². The molecule has 3 heteroatoms. The number of rotatable bonds is 4. The van der Waals surface area contributed by atoms with Crippen LogP contribution < -0.4 is 5.32 Å². The molecule has 0 aromatic heterocycles. The van der Waals surface area contributed by atoms with Crippen molar-refractivity contribution < 1.29 is 9.90 Å². The van der Waals surface area contributed by atoms with E-state index in [2.05, 4.69) is 32.7 Å². The van der Waals surface area contributed by atoms with Gasteiger partial charge in [-0.15, -0.1) is 0 Å². The van der Waals surface area contributed by atoms with E-state index in [9.17, 15) is 9.90 Å². The third kappa shape index (κ3) is 3.09. The maximum Gasteiger partial charge on any atom is 0.307 e. The molecule has 0 amide bonds. The Hall–Kier alpha value is -0.830. The van der Waals surface area contributed by atoms with Gasteiger partial charge >= 0.3 is 5.97 Å². The zero-order valence-corrected chi connectivity index (χ0v) is 11.4. The number of carbonyl (C=O) groups is 1. The Morgan fingerprint density at radius 1 is 1.47 bits per heavy atom. The number of aliphatic carboxylic acids is 1. The summed E-state index contributed by atoms with van der Waals surface area (Å²) >= 11 is 0. The van der Waals surface area contributed by atoms with Crippen LogP contribution in [-0.2, 0) is 4.79 Å². The summed E-state index contributed by atoms with van der Waals surface area (Å²) in [5.41, 5.74) is 0.965. The average Bonchev–Trinajstić information content (AvgIpc) is 2.19. The molecule has 3 atom stereocenters. The molecular weight excluding hydrogens is 214 g/mol. The number of nitrogens with one attached hydrogen (secondary N) is 1. The summed E-state index contributed by atoms with van der Waals surface area (Å²) in [5.74, 6) is -0.516. The van der Waals surface area contributed by atoms with Crippen LogP contribution >= 0.6 is 0 Å². The molecule has 0 aromatic rings. The topological polar surface area (TPSA) is 49.3 Å². The summed E-state index contributed by atoms with van der Waals surface area (Å²) in [7, 11) is 0. The lowest BCUT2D eigenvalue weighted by Crippen LogP contribution is -2.51. The van der Waals surface area contributed by atoms with Gasteiger partial charge in [0.1, 0.15) is 0 Å². The van der Waals surface area contributed by atoms with Crippen LogP contribution in [0.3, 0.4) is 0 Å². The molecule has 1 aliphatic rings. The molecule has 17 heavy (non-hydrogen) atoms. The fourth-order valence-corrected chi connectivity index (χ4v) is 2.83. The van der Waals surface area contributed by atoms with E-state index in [4.69, 9.17) is 0 Å². The molecule has 0 aliphatic heterocycles. The minimum Gasteiger partial charge on any atom is -0.481 e. The van der Waals surface area contributed by atoms with Crippen molar-refractivity contribution in [2.24, 2.45) is 17.3 Å². The second-order valence-corrected chi connectivity index (χ2v) is 6.02. The highest BCUT2D eigenvalue weighted by Crippen LogP contribution is 2.45. The molecule has 3 unspecified atom stereocenters. The van der Waals surface area contributed by atoms with Crippen molar-refractivity contribution in [3.8, 4) is 0 Å². The van der Waals surface area contributed by atoms with Crippen LogP contribution in [-0.4, -0.2) is 23.7 Å². The first-order valence-corrected chi connectivity index (χ1v) is 6.37. The first kappa shape index (κ1) is 14.2. The van der Waals surface area contributed by atoms with Crippen LogP contribution in [0.2, 0.25) is 0 Å². The van der Waals surface area contributed by atoms with Gasteiger partial charge in [-0.3, -0.25) is 4.79 Å². The van der Waals surface area contributed by atoms with Crippen molar-refractivity contribution in [1.82, 2.24) is 5.32 Å². The summed E-state index contributed by atoms with van der Waals surface area (Å²) in [5, 5.41) is 12.8.